The van der Waals surface area contributed by atoms with Crippen LogP contribution in [0.4, 0.5) is 0 Å². The van der Waals surface area contributed by atoms with Crippen molar-refractivity contribution in [1.82, 2.24) is 5.06 Å². The molecule has 1 fully saturated rings. The Kier molecular flexibility index (Phi) is 7.15. The average Bonchev–Trinajstić information content (AvgIpc) is 2.80. The summed E-state index contributed by atoms with van der Waals surface area (Å²) < 4.78 is 27.5. The van der Waals surface area contributed by atoms with Crippen LogP contribution in [0.5, 0.6) is 0 Å². The highest BCUT2D eigenvalue weighted by Gasteiger charge is 2.43. The van der Waals surface area contributed by atoms with Gasteiger partial charge in [0, 0.05) is 6.42 Å². The quantitative estimate of drug-likeness (QED) is 0.326. The van der Waals surface area contributed by atoms with E-state index in [1.165, 1.54) is 6.92 Å². The number of hydroxylamine groups is 2. The summed E-state index contributed by atoms with van der Waals surface area (Å²) >= 11 is 0. The predicted octanol–water partition coefficient (Wildman–Crippen LogP) is 0.873. The van der Waals surface area contributed by atoms with Crippen LogP contribution >= 0.6 is 7.60 Å². The van der Waals surface area contributed by atoms with Crippen molar-refractivity contribution in [3.8, 4) is 0 Å². The summed E-state index contributed by atoms with van der Waals surface area (Å²) in [5, 5.41) is 0.951. The smallest absolute Gasteiger partial charge is 0.340 e. The molecule has 1 aliphatic heterocycles. The van der Waals surface area contributed by atoms with E-state index in [1.54, 1.807) is 13.8 Å². The first kappa shape index (κ1) is 18.8. The largest absolute Gasteiger partial charge is 0.445 e. The molecule has 0 aliphatic carbocycles. The molecule has 0 bridgehead atoms. The molecule has 0 spiro atoms. The zero-order chi connectivity index (χ0) is 16.8. The lowest BCUT2D eigenvalue weighted by Gasteiger charge is -2.23. The number of ether oxygens (including phenoxy) is 1. The Balaban J connectivity index is 2.79. The van der Waals surface area contributed by atoms with Gasteiger partial charge in [-0.1, -0.05) is 5.06 Å². The second-order valence-corrected chi connectivity index (χ2v) is 6.82. The maximum absolute atomic E-state index is 12.5. The van der Waals surface area contributed by atoms with E-state index >= 15 is 0 Å². The maximum Gasteiger partial charge on any atom is 0.340 e. The van der Waals surface area contributed by atoms with Crippen molar-refractivity contribution in [2.75, 3.05) is 19.9 Å². The third-order valence-electron chi connectivity index (χ3n) is 3.09. The molecule has 0 aromatic carbocycles. The van der Waals surface area contributed by atoms with Crippen LogP contribution in [0.1, 0.15) is 27.2 Å². The normalized spacial score (nSPS) is 20.5. The summed E-state index contributed by atoms with van der Waals surface area (Å²) in [5.41, 5.74) is -1.04. The van der Waals surface area contributed by atoms with Gasteiger partial charge in [-0.25, -0.2) is 0 Å². The SMILES string of the molecule is CCOP(=O)(OCC)C(C)C(=O)C[C@@H]1C(=O)OCN1OC=O. The van der Waals surface area contributed by atoms with Crippen LogP contribution in [0.25, 0.3) is 0 Å². The molecule has 126 valence electrons. The average molecular weight is 337 g/mol. The van der Waals surface area contributed by atoms with E-state index in [1.807, 2.05) is 0 Å². The van der Waals surface area contributed by atoms with E-state index in [0.29, 0.717) is 0 Å². The summed E-state index contributed by atoms with van der Waals surface area (Å²) in [6.45, 7) is 4.82. The number of esters is 1. The molecule has 1 heterocycles. The lowest BCUT2D eigenvalue weighted by Crippen LogP contribution is -2.37. The molecule has 0 amide bonds. The Bertz CT molecular complexity index is 458. The molecule has 1 aliphatic rings. The summed E-state index contributed by atoms with van der Waals surface area (Å²) in [4.78, 5) is 38.8. The van der Waals surface area contributed by atoms with Crippen molar-refractivity contribution < 1.29 is 37.6 Å². The molecule has 10 heteroatoms. The fourth-order valence-corrected chi connectivity index (χ4v) is 3.63. The van der Waals surface area contributed by atoms with Gasteiger partial charge in [-0.3, -0.25) is 18.9 Å². The van der Waals surface area contributed by atoms with E-state index in [0.717, 1.165) is 5.06 Å². The van der Waals surface area contributed by atoms with Gasteiger partial charge < -0.3 is 18.6 Å². The van der Waals surface area contributed by atoms with E-state index in [2.05, 4.69) is 4.84 Å². The molecular formula is C12H20NO8P. The molecule has 9 nitrogen and oxygen atoms in total. The van der Waals surface area contributed by atoms with Gasteiger partial charge in [-0.15, -0.1) is 0 Å². The molecule has 0 radical (unpaired) electrons. The van der Waals surface area contributed by atoms with Crippen molar-refractivity contribution in [1.29, 1.82) is 0 Å². The number of Topliss-reactive ketones (excluding diaryl/α,β-unsaturated/α-hetero) is 1. The fourth-order valence-electron chi connectivity index (χ4n) is 1.93. The fraction of sp³-hybridized carbons (Fsp3) is 0.750. The Morgan fingerprint density at radius 2 is 2.05 bits per heavy atom. The zero-order valence-electron chi connectivity index (χ0n) is 12.7. The lowest BCUT2D eigenvalue weighted by atomic mass is 10.1. The minimum atomic E-state index is -3.61. The van der Waals surface area contributed by atoms with Crippen LogP contribution in [0.2, 0.25) is 0 Å². The van der Waals surface area contributed by atoms with Gasteiger partial charge >= 0.3 is 20.0 Å². The van der Waals surface area contributed by atoms with Crippen LogP contribution in [-0.2, 0) is 37.6 Å². The summed E-state index contributed by atoms with van der Waals surface area (Å²) in [6, 6.07) is -1.06. The number of ketones is 1. The molecule has 1 saturated heterocycles. The van der Waals surface area contributed by atoms with Crippen LogP contribution in [0, 0.1) is 0 Å². The summed E-state index contributed by atoms with van der Waals surface area (Å²) in [5.74, 6) is -1.20. The number of carbonyl (C=O) groups excluding carboxylic acids is 3. The van der Waals surface area contributed by atoms with E-state index in [9.17, 15) is 18.9 Å². The predicted molar refractivity (Wildman–Crippen MR) is 73.7 cm³/mol. The molecule has 1 rings (SSSR count). The van der Waals surface area contributed by atoms with E-state index in [-0.39, 0.29) is 32.8 Å². The number of hydrogen-bond donors (Lipinski definition) is 0. The van der Waals surface area contributed by atoms with Gasteiger partial charge in [0.15, 0.2) is 12.8 Å². The number of nitrogens with zero attached hydrogens (tertiary/aromatic N) is 1. The highest BCUT2D eigenvalue weighted by atomic mass is 31.2. The van der Waals surface area contributed by atoms with Gasteiger partial charge in [0.05, 0.1) is 13.2 Å². The Hall–Kier alpha value is -1.28. The Morgan fingerprint density at radius 1 is 1.45 bits per heavy atom. The van der Waals surface area contributed by atoms with Gasteiger partial charge in [0.2, 0.25) is 0 Å². The van der Waals surface area contributed by atoms with Crippen molar-refractivity contribution >= 4 is 25.8 Å². The second kappa shape index (κ2) is 8.38. The Morgan fingerprint density at radius 3 is 2.55 bits per heavy atom. The number of cyclic esters (lactones) is 1. The highest BCUT2D eigenvalue weighted by molar-refractivity contribution is 7.55. The van der Waals surface area contributed by atoms with Gasteiger partial charge in [-0.2, -0.15) is 0 Å². The molecule has 2 atom stereocenters. The minimum absolute atomic E-state index is 0.126. The molecular weight excluding hydrogens is 317 g/mol. The number of rotatable bonds is 10. The van der Waals surface area contributed by atoms with Crippen molar-refractivity contribution in [2.24, 2.45) is 0 Å². The summed E-state index contributed by atoms with van der Waals surface area (Å²) in [7, 11) is -3.61. The van der Waals surface area contributed by atoms with E-state index in [4.69, 9.17) is 13.8 Å². The first-order chi connectivity index (χ1) is 10.4. The topological polar surface area (TPSA) is 108 Å². The monoisotopic (exact) mass is 337 g/mol. The standard InChI is InChI=1S/C12H20NO8P/c1-4-20-22(17,21-5-2)9(3)11(15)6-10-12(16)18-7-13(10)19-8-14/h8-10H,4-7H2,1-3H3/t9?,10-/m1/s1. The van der Waals surface area contributed by atoms with Crippen LogP contribution in [-0.4, -0.2) is 54.9 Å². The van der Waals surface area contributed by atoms with Crippen molar-refractivity contribution in [2.45, 2.75) is 38.9 Å². The Labute approximate surface area is 128 Å². The highest BCUT2D eigenvalue weighted by Crippen LogP contribution is 2.53. The number of hydrogen-bond acceptors (Lipinski definition) is 9. The third kappa shape index (κ3) is 4.36. The van der Waals surface area contributed by atoms with Crippen molar-refractivity contribution in [3.63, 3.8) is 0 Å². The molecule has 22 heavy (non-hydrogen) atoms. The molecule has 0 aromatic rings. The van der Waals surface area contributed by atoms with Crippen molar-refractivity contribution in [3.05, 3.63) is 0 Å². The van der Waals surface area contributed by atoms with Crippen LogP contribution in [0.3, 0.4) is 0 Å². The minimum Gasteiger partial charge on any atom is -0.445 e. The molecule has 0 aromatic heterocycles. The second-order valence-electron chi connectivity index (χ2n) is 4.45. The maximum atomic E-state index is 12.5. The molecule has 0 saturated carbocycles. The third-order valence-corrected chi connectivity index (χ3v) is 5.56. The first-order valence-electron chi connectivity index (χ1n) is 6.84. The lowest BCUT2D eigenvalue weighted by molar-refractivity contribution is -0.185. The molecule has 0 N–H and O–H groups in total. The van der Waals surface area contributed by atoms with Gasteiger partial charge in [0.25, 0.3) is 0 Å². The molecule has 1 unspecified atom stereocenters. The van der Waals surface area contributed by atoms with Crippen LogP contribution < -0.4 is 0 Å². The number of carbonyl (C=O) groups is 3. The van der Waals surface area contributed by atoms with Gasteiger partial charge in [0.1, 0.15) is 11.4 Å². The van der Waals surface area contributed by atoms with Crippen LogP contribution in [0.15, 0.2) is 0 Å². The van der Waals surface area contributed by atoms with Gasteiger partial charge in [-0.05, 0) is 20.8 Å². The van der Waals surface area contributed by atoms with E-state index < -0.39 is 31.0 Å². The first-order valence-corrected chi connectivity index (χ1v) is 8.46. The summed E-state index contributed by atoms with van der Waals surface area (Å²) in [6.07, 6.45) is -0.321. The zero-order valence-corrected chi connectivity index (χ0v) is 13.6.